The van der Waals surface area contributed by atoms with Crippen LogP contribution < -0.4 is 9.47 Å². The predicted molar refractivity (Wildman–Crippen MR) is 62.2 cm³/mol. The fraction of sp³-hybridized carbons (Fsp3) is 0.538. The molecule has 4 heteroatoms. The Morgan fingerprint density at radius 3 is 2.47 bits per heavy atom. The molecule has 1 aliphatic heterocycles. The molecule has 1 aromatic carbocycles. The van der Waals surface area contributed by atoms with Gasteiger partial charge in [0.25, 0.3) is 0 Å². The lowest BCUT2D eigenvalue weighted by Gasteiger charge is -2.22. The van der Waals surface area contributed by atoms with Gasteiger partial charge in [-0.1, -0.05) is 6.92 Å². The Balaban J connectivity index is 2.55. The lowest BCUT2D eigenvalue weighted by Crippen LogP contribution is -2.15. The fourth-order valence-electron chi connectivity index (χ4n) is 1.98. The topological polar surface area (TPSA) is 38.7 Å². The van der Waals surface area contributed by atoms with Gasteiger partial charge in [-0.2, -0.15) is 0 Å². The van der Waals surface area contributed by atoms with Crippen molar-refractivity contribution in [2.24, 2.45) is 0 Å². The lowest BCUT2D eigenvalue weighted by atomic mass is 9.88. The second-order valence-electron chi connectivity index (χ2n) is 4.85. The Morgan fingerprint density at radius 2 is 1.94 bits per heavy atom. The van der Waals surface area contributed by atoms with E-state index in [2.05, 4.69) is 0 Å². The van der Waals surface area contributed by atoms with Gasteiger partial charge in [0.1, 0.15) is 5.67 Å². The maximum atomic E-state index is 14.2. The highest BCUT2D eigenvalue weighted by atomic mass is 19.1. The van der Waals surface area contributed by atoms with Crippen LogP contribution in [0.5, 0.6) is 11.5 Å². The second kappa shape index (κ2) is 4.18. The van der Waals surface area contributed by atoms with Crippen LogP contribution in [0, 0.1) is 0 Å². The average Bonchev–Trinajstić information content (AvgIpc) is 2.72. The summed E-state index contributed by atoms with van der Waals surface area (Å²) in [5.41, 5.74) is -0.160. The van der Waals surface area contributed by atoms with Crippen LogP contribution in [0.2, 0.25) is 0 Å². The van der Waals surface area contributed by atoms with E-state index in [0.29, 0.717) is 17.1 Å². The van der Waals surface area contributed by atoms with Gasteiger partial charge in [0.05, 0.1) is 0 Å². The lowest BCUT2D eigenvalue weighted by molar-refractivity contribution is 0.173. The van der Waals surface area contributed by atoms with Gasteiger partial charge in [0, 0.05) is 12.5 Å². The maximum Gasteiger partial charge on any atom is 0.231 e. The summed E-state index contributed by atoms with van der Waals surface area (Å²) >= 11 is 0. The molecule has 94 valence electrons. The summed E-state index contributed by atoms with van der Waals surface area (Å²) in [7, 11) is 0. The maximum absolute atomic E-state index is 14.2. The molecule has 2 rings (SSSR count). The first-order chi connectivity index (χ1) is 7.93. The van der Waals surface area contributed by atoms with E-state index in [1.165, 1.54) is 13.8 Å². The number of aliphatic hydroxyl groups excluding tert-OH is 1. The van der Waals surface area contributed by atoms with Crippen molar-refractivity contribution in [3.63, 3.8) is 0 Å². The van der Waals surface area contributed by atoms with Crippen LogP contribution in [-0.4, -0.2) is 18.5 Å². The predicted octanol–water partition coefficient (Wildman–Crippen LogP) is 2.72. The Morgan fingerprint density at radius 1 is 1.35 bits per heavy atom. The summed E-state index contributed by atoms with van der Waals surface area (Å²) in [4.78, 5) is 0. The van der Waals surface area contributed by atoms with Crippen LogP contribution in [-0.2, 0) is 5.67 Å². The molecule has 0 fully saturated rings. The largest absolute Gasteiger partial charge is 0.454 e. The van der Waals surface area contributed by atoms with E-state index >= 15 is 0 Å². The smallest absolute Gasteiger partial charge is 0.231 e. The van der Waals surface area contributed by atoms with Crippen LogP contribution in [0.1, 0.15) is 37.8 Å². The number of alkyl halides is 1. The molecule has 1 atom stereocenters. The number of hydrogen-bond acceptors (Lipinski definition) is 3. The molecule has 1 aliphatic rings. The first-order valence-electron chi connectivity index (χ1n) is 5.67. The van der Waals surface area contributed by atoms with Crippen LogP contribution in [0.15, 0.2) is 12.1 Å². The molecule has 0 aromatic heterocycles. The quantitative estimate of drug-likeness (QED) is 0.882. The van der Waals surface area contributed by atoms with Gasteiger partial charge >= 0.3 is 0 Å². The summed E-state index contributed by atoms with van der Waals surface area (Å²) in [6.45, 7) is 4.99. The molecule has 1 heterocycles. The number of aliphatic hydroxyl groups is 1. The molecule has 0 aliphatic carbocycles. The van der Waals surface area contributed by atoms with Crippen molar-refractivity contribution in [1.29, 1.82) is 0 Å². The minimum absolute atomic E-state index is 0.0251. The standard InChI is InChI=1S/C13H17FO3/c1-8(6-15)9-4-11-12(17-7-16-11)5-10(9)13(2,3)14/h4-5,8,15H,6-7H2,1-3H3. The molecule has 0 bridgehead atoms. The zero-order valence-corrected chi connectivity index (χ0v) is 10.3. The van der Waals surface area contributed by atoms with E-state index in [1.54, 1.807) is 12.1 Å². The van der Waals surface area contributed by atoms with Crippen molar-refractivity contribution in [3.8, 4) is 11.5 Å². The molecule has 1 N–H and O–H groups in total. The van der Waals surface area contributed by atoms with Crippen LogP contribution in [0.3, 0.4) is 0 Å². The number of rotatable bonds is 3. The van der Waals surface area contributed by atoms with E-state index in [-0.39, 0.29) is 19.3 Å². The van der Waals surface area contributed by atoms with E-state index in [0.717, 1.165) is 5.56 Å². The van der Waals surface area contributed by atoms with Crippen molar-refractivity contribution >= 4 is 0 Å². The number of fused-ring (bicyclic) bond motifs is 1. The molecule has 0 saturated heterocycles. The summed E-state index contributed by atoms with van der Waals surface area (Å²) < 4.78 is 24.7. The monoisotopic (exact) mass is 240 g/mol. The van der Waals surface area contributed by atoms with Crippen molar-refractivity contribution in [1.82, 2.24) is 0 Å². The van der Waals surface area contributed by atoms with Crippen LogP contribution >= 0.6 is 0 Å². The third-order valence-electron chi connectivity index (χ3n) is 2.99. The summed E-state index contributed by atoms with van der Waals surface area (Å²) in [5, 5.41) is 9.23. The average molecular weight is 240 g/mol. The number of benzene rings is 1. The Kier molecular flexibility index (Phi) is 3.00. The Bertz CT molecular complexity index is 423. The minimum atomic E-state index is -1.47. The molecule has 1 unspecified atom stereocenters. The first-order valence-corrected chi connectivity index (χ1v) is 5.67. The second-order valence-corrected chi connectivity index (χ2v) is 4.85. The van der Waals surface area contributed by atoms with E-state index in [1.807, 2.05) is 6.92 Å². The number of ether oxygens (including phenoxy) is 2. The highest BCUT2D eigenvalue weighted by Gasteiger charge is 2.28. The highest BCUT2D eigenvalue weighted by Crippen LogP contribution is 2.41. The molecule has 0 saturated carbocycles. The van der Waals surface area contributed by atoms with Gasteiger partial charge in [-0.05, 0) is 37.1 Å². The highest BCUT2D eigenvalue weighted by molar-refractivity contribution is 5.51. The number of hydrogen-bond donors (Lipinski definition) is 1. The SMILES string of the molecule is CC(CO)c1cc2c(cc1C(C)(C)F)OCO2. The van der Waals surface area contributed by atoms with Gasteiger partial charge < -0.3 is 14.6 Å². The van der Waals surface area contributed by atoms with Crippen molar-refractivity contribution in [2.45, 2.75) is 32.4 Å². The van der Waals surface area contributed by atoms with Gasteiger partial charge in [0.2, 0.25) is 6.79 Å². The zero-order chi connectivity index (χ0) is 12.6. The summed E-state index contributed by atoms with van der Waals surface area (Å²) in [6.07, 6.45) is 0. The summed E-state index contributed by atoms with van der Waals surface area (Å²) in [5.74, 6) is 1.06. The van der Waals surface area contributed by atoms with Gasteiger partial charge in [-0.3, -0.25) is 0 Å². The molecule has 1 aromatic rings. The first kappa shape index (κ1) is 12.2. The molecule has 0 radical (unpaired) electrons. The van der Waals surface area contributed by atoms with Gasteiger partial charge in [-0.25, -0.2) is 4.39 Å². The zero-order valence-electron chi connectivity index (χ0n) is 10.3. The minimum Gasteiger partial charge on any atom is -0.454 e. The van der Waals surface area contributed by atoms with Crippen molar-refractivity contribution in [2.75, 3.05) is 13.4 Å². The molecule has 0 amide bonds. The molecule has 3 nitrogen and oxygen atoms in total. The third kappa shape index (κ3) is 2.22. The van der Waals surface area contributed by atoms with Crippen LogP contribution in [0.25, 0.3) is 0 Å². The van der Waals surface area contributed by atoms with E-state index in [9.17, 15) is 9.50 Å². The molecule has 17 heavy (non-hydrogen) atoms. The van der Waals surface area contributed by atoms with Gasteiger partial charge in [-0.15, -0.1) is 0 Å². The van der Waals surface area contributed by atoms with Crippen molar-refractivity contribution < 1.29 is 19.0 Å². The molecular formula is C13H17FO3. The number of halogens is 1. The van der Waals surface area contributed by atoms with E-state index in [4.69, 9.17) is 9.47 Å². The van der Waals surface area contributed by atoms with E-state index < -0.39 is 5.67 Å². The van der Waals surface area contributed by atoms with Gasteiger partial charge in [0.15, 0.2) is 11.5 Å². The van der Waals surface area contributed by atoms with Crippen LogP contribution in [0.4, 0.5) is 4.39 Å². The summed E-state index contributed by atoms with van der Waals surface area (Å²) in [6, 6.07) is 3.43. The van der Waals surface area contributed by atoms with Crippen molar-refractivity contribution in [3.05, 3.63) is 23.3 Å². The Labute approximate surface area is 100 Å². The molecular weight excluding hydrogens is 223 g/mol. The fourth-order valence-corrected chi connectivity index (χ4v) is 1.98. The normalized spacial score (nSPS) is 16.1. The molecule has 0 spiro atoms. The Hall–Kier alpha value is -1.29. The third-order valence-corrected chi connectivity index (χ3v) is 2.99.